The maximum Gasteiger partial charge on any atom is 0.248 e. The van der Waals surface area contributed by atoms with Crippen LogP contribution >= 0.6 is 21.6 Å². The number of primary amides is 1. The Labute approximate surface area is 445 Å². The van der Waals surface area contributed by atoms with Crippen LogP contribution in [0.2, 0.25) is 0 Å². The number of carbonyl (C=O) groups is 9. The van der Waals surface area contributed by atoms with Crippen LogP contribution in [-0.4, -0.2) is 194 Å². The molecule has 28 heteroatoms. The van der Waals surface area contributed by atoms with E-state index >= 15 is 0 Å². The van der Waals surface area contributed by atoms with Gasteiger partial charge < -0.3 is 82.8 Å². The molecule has 2 aromatic rings. The van der Waals surface area contributed by atoms with Crippen molar-refractivity contribution in [2.45, 2.75) is 126 Å². The van der Waals surface area contributed by atoms with E-state index in [1.165, 1.54) is 6.92 Å². The molecule has 416 valence electrons. The molecule has 3 aliphatic heterocycles. The van der Waals surface area contributed by atoms with Gasteiger partial charge in [-0.15, -0.1) is 0 Å². The number of amides is 9. The molecule has 1 fully saturated rings. The lowest BCUT2D eigenvalue weighted by molar-refractivity contribution is -0.144. The fourth-order valence-corrected chi connectivity index (χ4v) is 12.0. The molecule has 1 aromatic carbocycles. The van der Waals surface area contributed by atoms with Crippen LogP contribution in [0.15, 0.2) is 23.2 Å². The fraction of sp³-hybridized carbons (Fsp3) is 0.638. The number of fused-ring (bicyclic) bond motifs is 5. The van der Waals surface area contributed by atoms with Crippen LogP contribution in [0, 0.1) is 11.8 Å². The Morgan fingerprint density at radius 2 is 1.59 bits per heavy atom. The van der Waals surface area contributed by atoms with E-state index in [9.17, 15) is 63.0 Å². The zero-order chi connectivity index (χ0) is 55.1. The molecule has 5 rings (SSSR count). The number of nitrogens with one attached hydrogen (secondary N) is 9. The smallest absolute Gasteiger partial charge is 0.248 e. The van der Waals surface area contributed by atoms with E-state index in [0.717, 1.165) is 23.0 Å². The van der Waals surface area contributed by atoms with Crippen LogP contribution < -0.4 is 53.0 Å². The summed E-state index contributed by atoms with van der Waals surface area (Å²) in [5, 5.41) is 52.7. The summed E-state index contributed by atoms with van der Waals surface area (Å²) in [6.07, 6.45) is -3.66. The van der Waals surface area contributed by atoms with Gasteiger partial charge in [0.2, 0.25) is 58.2 Å². The van der Waals surface area contributed by atoms with Gasteiger partial charge in [0.15, 0.2) is 6.04 Å². The van der Waals surface area contributed by atoms with Crippen molar-refractivity contribution in [3.8, 4) is 5.75 Å². The van der Waals surface area contributed by atoms with Crippen LogP contribution in [-0.2, 0) is 60.7 Å². The Bertz CT molecular complexity index is 2380. The van der Waals surface area contributed by atoms with E-state index in [4.69, 9.17) is 10.5 Å². The lowest BCUT2D eigenvalue weighted by Crippen LogP contribution is -2.62. The van der Waals surface area contributed by atoms with Gasteiger partial charge in [0.05, 0.1) is 50.4 Å². The second kappa shape index (κ2) is 28.7. The Kier molecular flexibility index (Phi) is 23.1. The van der Waals surface area contributed by atoms with E-state index < -0.39 is 176 Å². The zero-order valence-corrected chi connectivity index (χ0v) is 45.0. The molecule has 0 radical (unpaired) electrons. The minimum Gasteiger partial charge on any atom is -0.610 e. The molecule has 75 heavy (non-hydrogen) atoms. The number of aliphatic hydroxyl groups excluding tert-OH is 3. The molecule has 25 nitrogen and oxygen atoms in total. The van der Waals surface area contributed by atoms with Crippen LogP contribution in [0.4, 0.5) is 0 Å². The molecule has 3 aliphatic rings. The maximum absolute atomic E-state index is 15.0. The average molecular weight is 1110 g/mol. The van der Waals surface area contributed by atoms with Crippen molar-refractivity contribution >= 4 is 96.8 Å². The van der Waals surface area contributed by atoms with Crippen LogP contribution in [0.3, 0.4) is 0 Å². The zero-order valence-electron chi connectivity index (χ0n) is 42.6. The normalized spacial score (nSPS) is 26.1. The number of benzene rings is 1. The largest absolute Gasteiger partial charge is 0.610 e. The Balaban J connectivity index is 1.65. The lowest BCUT2D eigenvalue weighted by atomic mass is 9.93. The van der Waals surface area contributed by atoms with E-state index in [1.807, 2.05) is 0 Å². The highest BCUT2D eigenvalue weighted by Crippen LogP contribution is 2.32. The monoisotopic (exact) mass is 1110 g/mol. The quantitative estimate of drug-likeness (QED) is 0.0416. The second-order valence-electron chi connectivity index (χ2n) is 19.1. The van der Waals surface area contributed by atoms with Crippen molar-refractivity contribution in [3.63, 3.8) is 0 Å². The highest BCUT2D eigenvalue weighted by Gasteiger charge is 2.45. The van der Waals surface area contributed by atoms with Crippen LogP contribution in [0.25, 0.3) is 10.9 Å². The summed E-state index contributed by atoms with van der Waals surface area (Å²) in [4.78, 5) is 129. The van der Waals surface area contributed by atoms with Crippen molar-refractivity contribution in [2.24, 2.45) is 17.6 Å². The molecule has 1 unspecified atom stereocenters. The van der Waals surface area contributed by atoms with Gasteiger partial charge in [0, 0.05) is 77.6 Å². The van der Waals surface area contributed by atoms with Crippen molar-refractivity contribution in [3.05, 3.63) is 23.8 Å². The number of nitrogens with two attached hydrogens (primary N) is 1. The summed E-state index contributed by atoms with van der Waals surface area (Å²) in [5.74, 6) is -9.47. The summed E-state index contributed by atoms with van der Waals surface area (Å²) in [6, 6.07) is -4.62. The average Bonchev–Trinajstić information content (AvgIpc) is 3.94. The summed E-state index contributed by atoms with van der Waals surface area (Å²) in [7, 11) is 3.46. The molecule has 2 bridgehead atoms. The number of H-pyrrole nitrogens is 1. The van der Waals surface area contributed by atoms with E-state index in [-0.39, 0.29) is 10.6 Å². The first-order chi connectivity index (χ1) is 35.6. The Morgan fingerprint density at radius 3 is 2.27 bits per heavy atom. The Hall–Kier alpha value is -5.36. The topological polar surface area (TPSA) is 388 Å². The molecular formula is C47H71N11O14S3. The first kappa shape index (κ1) is 60.5. The van der Waals surface area contributed by atoms with Crippen molar-refractivity contribution in [1.29, 1.82) is 0 Å². The van der Waals surface area contributed by atoms with Gasteiger partial charge in [-0.1, -0.05) is 62.6 Å². The molecule has 9 amide bonds. The number of aromatic amines is 1. The number of carbonyl (C=O) groups excluding carboxylic acids is 9. The van der Waals surface area contributed by atoms with Crippen molar-refractivity contribution < 1.29 is 67.8 Å². The summed E-state index contributed by atoms with van der Waals surface area (Å²) in [5.41, 5.74) is 6.03. The van der Waals surface area contributed by atoms with Crippen LogP contribution in [0.5, 0.6) is 5.75 Å². The van der Waals surface area contributed by atoms with E-state index in [2.05, 4.69) is 61.4 Å². The molecule has 0 aliphatic carbocycles. The lowest BCUT2D eigenvalue weighted by Gasteiger charge is -2.32. The molecule has 11 atom stereocenters. The van der Waals surface area contributed by atoms with E-state index in [0.29, 0.717) is 42.1 Å². The highest BCUT2D eigenvalue weighted by molar-refractivity contribution is 8.76. The summed E-state index contributed by atoms with van der Waals surface area (Å²) < 4.78 is 21.0. The van der Waals surface area contributed by atoms with Gasteiger partial charge in [-0.2, -0.15) is 0 Å². The molecule has 4 heterocycles. The first-order valence-electron chi connectivity index (χ1n) is 24.9. The van der Waals surface area contributed by atoms with Crippen molar-refractivity contribution in [1.82, 2.24) is 52.4 Å². The van der Waals surface area contributed by atoms with Gasteiger partial charge >= 0.3 is 0 Å². The van der Waals surface area contributed by atoms with Gasteiger partial charge in [-0.25, -0.2) is 0 Å². The third-order valence-corrected chi connectivity index (χ3v) is 16.9. The third kappa shape index (κ3) is 17.1. The standard InChI is InChI=1S/C47H71N11O14S3/c1-6-24(4)39-44(68)51-18-37(63)52-33-22-75(71)46-29(28-9-8-27(15-30(28)55-46)72-11-7-12-73-74-13-10-49-23(2)3)16-31(41(65)50-19-38(64)56-39)53-45(69)40(25(5)35(61)21-59)57-43(67)34-14-26(60)20-58(34)47(70)32(17-36(48)62)54-42(33)66/h8-9,15,23-26,31-35,39-40,49,55,59-61H,6-7,10-14,16-22H2,1-5H3,(H2,48,62)(H,50,65)(H,51,68)(H,52,63)(H,53,69)(H,54,66)(H,56,64)(H,57,67)/t24-,25-,26+,31-,32-,33?,34-,35-,39-,40-,75+/m0/s1. The minimum absolute atomic E-state index is 0.0983. The van der Waals surface area contributed by atoms with Gasteiger partial charge in [-0.05, 0) is 24.5 Å². The number of hydrogen-bond donors (Lipinski definition) is 13. The fourth-order valence-electron chi connectivity index (χ4n) is 8.60. The minimum atomic E-state index is -2.37. The van der Waals surface area contributed by atoms with Gasteiger partial charge in [0.1, 0.15) is 41.7 Å². The van der Waals surface area contributed by atoms with E-state index in [1.54, 1.807) is 53.6 Å². The third-order valence-electron chi connectivity index (χ3n) is 13.0. The van der Waals surface area contributed by atoms with Crippen molar-refractivity contribution in [2.75, 3.05) is 56.7 Å². The number of hydrogen-bond acceptors (Lipinski definition) is 17. The number of ether oxygens (including phenoxy) is 1. The predicted octanol–water partition coefficient (Wildman–Crippen LogP) is -3.48. The highest BCUT2D eigenvalue weighted by atomic mass is 33.1. The molecule has 14 N–H and O–H groups in total. The molecule has 1 saturated heterocycles. The van der Waals surface area contributed by atoms with Crippen LogP contribution in [0.1, 0.15) is 65.9 Å². The number of aliphatic hydroxyl groups is 3. The molecule has 1 aromatic heterocycles. The molecule has 0 spiro atoms. The first-order valence-corrected chi connectivity index (χ1v) is 28.7. The number of aromatic nitrogens is 1. The number of nitrogens with zero attached hydrogens (tertiary/aromatic N) is 1. The van der Waals surface area contributed by atoms with Gasteiger partial charge in [0.25, 0.3) is 0 Å². The maximum atomic E-state index is 15.0. The second-order valence-corrected chi connectivity index (χ2v) is 23.2. The summed E-state index contributed by atoms with van der Waals surface area (Å²) in [6.45, 7) is 7.23. The predicted molar refractivity (Wildman–Crippen MR) is 279 cm³/mol. The molecule has 0 saturated carbocycles. The van der Waals surface area contributed by atoms with Gasteiger partial charge in [-0.3, -0.25) is 43.2 Å². The summed E-state index contributed by atoms with van der Waals surface area (Å²) >= 11 is -2.37. The SMILES string of the molecule is CC[C@H](C)[C@@H]1NC(=O)CNC(=O)[C@@H]2Cc3c([nH]c4cc(OCCCSSCCNC(C)C)ccc34)[S@+]([O-])CC(NC(=O)CNC1=O)C(=O)N[C@@H](CC(N)=O)C(=O)N1C[C@H](O)C[C@H]1C(=O)N[C@@H]([C@@H](C)[C@@H](O)CO)C(=O)N2. The molecular weight excluding hydrogens is 1040 g/mol. The number of rotatable bonds is 17. The Morgan fingerprint density at radius 1 is 0.893 bits per heavy atom.